The van der Waals surface area contributed by atoms with Crippen molar-refractivity contribution in [3.63, 3.8) is 0 Å². The number of carbonyl (C=O) groups excluding carboxylic acids is 1. The van der Waals surface area contributed by atoms with Gasteiger partial charge in [-0.25, -0.2) is 9.97 Å². The first-order chi connectivity index (χ1) is 16.2. The molecule has 0 atom stereocenters. The molecule has 2 N–H and O–H groups in total. The van der Waals surface area contributed by atoms with Crippen LogP contribution in [0, 0.1) is 0 Å². The van der Waals surface area contributed by atoms with Gasteiger partial charge < -0.3 is 24.8 Å². The van der Waals surface area contributed by atoms with Gasteiger partial charge in [-0.2, -0.15) is 4.98 Å². The molecule has 172 valence electrons. The number of nitrogens with one attached hydrogen (secondary N) is 1. The summed E-state index contributed by atoms with van der Waals surface area (Å²) >= 11 is 0. The van der Waals surface area contributed by atoms with Crippen LogP contribution in [0.3, 0.4) is 0 Å². The number of hydrogen-bond acceptors (Lipinski definition) is 9. The van der Waals surface area contributed by atoms with Crippen molar-refractivity contribution in [1.29, 1.82) is 0 Å². The Labute approximate surface area is 191 Å². The lowest BCUT2D eigenvalue weighted by Crippen LogP contribution is -2.40. The standard InChI is InChI=1S/C23H26N6O4/c30-16-12-18-19(26-14-16)13-20(29-8-10-32-11-9-29)28-23(18)33-17-4-2-15(3-5-17)27-22(31)21-24-6-1-7-25-21/h1,6-7,12-15,17,30H,2-5,8-11H2,(H,27,31)/t15-,17+. The molecule has 2 aliphatic rings. The fraction of sp³-hybridized carbons (Fsp3) is 0.435. The molecule has 1 aliphatic heterocycles. The van der Waals surface area contributed by atoms with Gasteiger partial charge in [0.05, 0.1) is 30.3 Å². The molecule has 5 rings (SSSR count). The number of rotatable bonds is 5. The van der Waals surface area contributed by atoms with Crippen molar-refractivity contribution in [2.75, 3.05) is 31.2 Å². The van der Waals surface area contributed by atoms with Crippen LogP contribution in [0.4, 0.5) is 5.82 Å². The van der Waals surface area contributed by atoms with Crippen LogP contribution in [0.5, 0.6) is 11.6 Å². The number of morpholine rings is 1. The summed E-state index contributed by atoms with van der Waals surface area (Å²) in [5, 5.41) is 13.7. The van der Waals surface area contributed by atoms with E-state index >= 15 is 0 Å². The summed E-state index contributed by atoms with van der Waals surface area (Å²) < 4.78 is 11.8. The molecule has 33 heavy (non-hydrogen) atoms. The van der Waals surface area contributed by atoms with Crippen molar-refractivity contribution in [1.82, 2.24) is 25.3 Å². The largest absolute Gasteiger partial charge is 0.506 e. The minimum atomic E-state index is -0.257. The van der Waals surface area contributed by atoms with Crippen LogP contribution in [-0.4, -0.2) is 69.4 Å². The molecular formula is C23H26N6O4. The van der Waals surface area contributed by atoms with E-state index in [2.05, 4.69) is 25.2 Å². The summed E-state index contributed by atoms with van der Waals surface area (Å²) in [6.45, 7) is 2.82. The van der Waals surface area contributed by atoms with Gasteiger partial charge in [-0.1, -0.05) is 0 Å². The monoisotopic (exact) mass is 450 g/mol. The van der Waals surface area contributed by atoms with Crippen LogP contribution >= 0.6 is 0 Å². The molecule has 1 saturated heterocycles. The second kappa shape index (κ2) is 9.53. The molecule has 3 aromatic heterocycles. The maximum Gasteiger partial charge on any atom is 0.289 e. The zero-order valence-corrected chi connectivity index (χ0v) is 18.2. The predicted molar refractivity (Wildman–Crippen MR) is 120 cm³/mol. The van der Waals surface area contributed by atoms with E-state index in [1.807, 2.05) is 6.07 Å². The van der Waals surface area contributed by atoms with Gasteiger partial charge in [0.15, 0.2) is 0 Å². The van der Waals surface area contributed by atoms with Gasteiger partial charge in [-0.3, -0.25) is 9.78 Å². The van der Waals surface area contributed by atoms with Gasteiger partial charge in [0.2, 0.25) is 11.7 Å². The summed E-state index contributed by atoms with van der Waals surface area (Å²) in [7, 11) is 0. The van der Waals surface area contributed by atoms with Gasteiger partial charge in [0.25, 0.3) is 5.91 Å². The molecular weight excluding hydrogens is 424 g/mol. The quantitative estimate of drug-likeness (QED) is 0.601. The number of carbonyl (C=O) groups is 1. The van der Waals surface area contributed by atoms with Crippen LogP contribution < -0.4 is 15.0 Å². The van der Waals surface area contributed by atoms with Gasteiger partial charge >= 0.3 is 0 Å². The Kier molecular flexibility index (Phi) is 6.16. The number of hydrogen-bond donors (Lipinski definition) is 2. The summed E-state index contributed by atoms with van der Waals surface area (Å²) in [6.07, 6.45) is 7.63. The normalized spacial score (nSPS) is 21.0. The second-order valence-electron chi connectivity index (χ2n) is 8.28. The number of pyridine rings is 2. The molecule has 10 nitrogen and oxygen atoms in total. The average Bonchev–Trinajstić information content (AvgIpc) is 2.86. The van der Waals surface area contributed by atoms with E-state index < -0.39 is 0 Å². The second-order valence-corrected chi connectivity index (χ2v) is 8.28. The molecule has 1 amide bonds. The summed E-state index contributed by atoms with van der Waals surface area (Å²) in [5.74, 6) is 1.26. The van der Waals surface area contributed by atoms with Crippen LogP contribution in [0.2, 0.25) is 0 Å². The van der Waals surface area contributed by atoms with Gasteiger partial charge in [0.1, 0.15) is 17.7 Å². The number of ether oxygens (including phenoxy) is 2. The highest BCUT2D eigenvalue weighted by molar-refractivity contribution is 5.90. The van der Waals surface area contributed by atoms with E-state index in [0.29, 0.717) is 24.5 Å². The molecule has 0 unspecified atom stereocenters. The molecule has 3 aromatic rings. The van der Waals surface area contributed by atoms with Crippen LogP contribution in [0.25, 0.3) is 10.9 Å². The number of aromatic hydroxyl groups is 1. The first-order valence-electron chi connectivity index (χ1n) is 11.2. The Bertz CT molecular complexity index is 1110. The minimum Gasteiger partial charge on any atom is -0.506 e. The zero-order chi connectivity index (χ0) is 22.6. The van der Waals surface area contributed by atoms with E-state index in [-0.39, 0.29) is 29.6 Å². The molecule has 4 heterocycles. The lowest BCUT2D eigenvalue weighted by atomic mass is 9.93. The molecule has 0 spiro atoms. The Balaban J connectivity index is 1.28. The topological polar surface area (TPSA) is 123 Å². The van der Waals surface area contributed by atoms with Crippen molar-refractivity contribution in [3.8, 4) is 11.6 Å². The number of amides is 1. The fourth-order valence-electron chi connectivity index (χ4n) is 4.26. The Morgan fingerprint density at radius 3 is 2.61 bits per heavy atom. The highest BCUT2D eigenvalue weighted by Gasteiger charge is 2.26. The van der Waals surface area contributed by atoms with E-state index in [1.165, 1.54) is 6.20 Å². The average molecular weight is 450 g/mol. The van der Waals surface area contributed by atoms with Crippen molar-refractivity contribution < 1.29 is 19.4 Å². The third-order valence-corrected chi connectivity index (χ3v) is 6.01. The number of aromatic nitrogens is 4. The first kappa shape index (κ1) is 21.3. The lowest BCUT2D eigenvalue weighted by molar-refractivity contribution is 0.0881. The third kappa shape index (κ3) is 4.95. The zero-order valence-electron chi connectivity index (χ0n) is 18.2. The third-order valence-electron chi connectivity index (χ3n) is 6.01. The number of fused-ring (bicyclic) bond motifs is 1. The van der Waals surface area contributed by atoms with E-state index in [9.17, 15) is 9.90 Å². The molecule has 1 saturated carbocycles. The Hall–Kier alpha value is -3.53. The lowest BCUT2D eigenvalue weighted by Gasteiger charge is -2.30. The molecule has 0 radical (unpaired) electrons. The van der Waals surface area contributed by atoms with Crippen molar-refractivity contribution in [3.05, 3.63) is 42.6 Å². The SMILES string of the molecule is O=C(N[C@H]1CC[C@@H](Oc2nc(N3CCOCC3)cc3ncc(O)cc23)CC1)c1ncccn1. The van der Waals surface area contributed by atoms with Gasteiger partial charge in [0, 0.05) is 37.6 Å². The van der Waals surface area contributed by atoms with Crippen LogP contribution in [0.15, 0.2) is 36.8 Å². The highest BCUT2D eigenvalue weighted by atomic mass is 16.5. The maximum absolute atomic E-state index is 12.3. The van der Waals surface area contributed by atoms with Crippen molar-refractivity contribution >= 4 is 22.6 Å². The summed E-state index contributed by atoms with van der Waals surface area (Å²) in [6, 6.07) is 5.29. The van der Waals surface area contributed by atoms with E-state index in [0.717, 1.165) is 50.1 Å². The fourth-order valence-corrected chi connectivity index (χ4v) is 4.26. The first-order valence-corrected chi connectivity index (χ1v) is 11.2. The number of nitrogens with zero attached hydrogens (tertiary/aromatic N) is 5. The molecule has 0 aromatic carbocycles. The van der Waals surface area contributed by atoms with E-state index in [1.54, 1.807) is 24.5 Å². The highest BCUT2D eigenvalue weighted by Crippen LogP contribution is 2.32. The Morgan fingerprint density at radius 2 is 1.85 bits per heavy atom. The molecule has 10 heteroatoms. The maximum atomic E-state index is 12.3. The van der Waals surface area contributed by atoms with Crippen LogP contribution in [-0.2, 0) is 4.74 Å². The predicted octanol–water partition coefficient (Wildman–Crippen LogP) is 2.08. The Morgan fingerprint density at radius 1 is 1.09 bits per heavy atom. The van der Waals surface area contributed by atoms with E-state index in [4.69, 9.17) is 14.5 Å². The molecule has 2 fully saturated rings. The van der Waals surface area contributed by atoms with Crippen LogP contribution in [0.1, 0.15) is 36.3 Å². The molecule has 1 aliphatic carbocycles. The van der Waals surface area contributed by atoms with Crippen molar-refractivity contribution in [2.24, 2.45) is 0 Å². The molecule has 0 bridgehead atoms. The van der Waals surface area contributed by atoms with Crippen molar-refractivity contribution in [2.45, 2.75) is 37.8 Å². The van der Waals surface area contributed by atoms with Gasteiger partial charge in [-0.15, -0.1) is 0 Å². The smallest absolute Gasteiger partial charge is 0.289 e. The summed E-state index contributed by atoms with van der Waals surface area (Å²) in [5.41, 5.74) is 0.725. The number of anilines is 1. The minimum absolute atomic E-state index is 0.0379. The van der Waals surface area contributed by atoms with Gasteiger partial charge in [-0.05, 0) is 37.8 Å². The summed E-state index contributed by atoms with van der Waals surface area (Å²) in [4.78, 5) is 31.6.